The highest BCUT2D eigenvalue weighted by Crippen LogP contribution is 2.47. The fraction of sp³-hybridized carbons (Fsp3) is 0.480. The first kappa shape index (κ1) is 24.3. The first-order valence-corrected chi connectivity index (χ1v) is 14.6. The van der Waals surface area contributed by atoms with Crippen LogP contribution in [0, 0.1) is 18.8 Å². The number of nitrogens with two attached hydrogens (primary N) is 1. The summed E-state index contributed by atoms with van der Waals surface area (Å²) in [7, 11) is 0. The highest BCUT2D eigenvalue weighted by Gasteiger charge is 2.42. The summed E-state index contributed by atoms with van der Waals surface area (Å²) in [6.07, 6.45) is 7.44. The molecule has 1 aliphatic heterocycles. The summed E-state index contributed by atoms with van der Waals surface area (Å²) < 4.78 is 2.30. The number of aromatic nitrogens is 6. The third kappa shape index (κ3) is 4.25. The largest absolute Gasteiger partial charge is 0.368 e. The van der Waals surface area contributed by atoms with Gasteiger partial charge in [0.2, 0.25) is 17.2 Å². The Kier molecular flexibility index (Phi) is 6.06. The van der Waals surface area contributed by atoms with Crippen molar-refractivity contribution in [2.75, 3.05) is 42.1 Å². The minimum atomic E-state index is 0.126. The quantitative estimate of drug-likeness (QED) is 0.322. The number of nitrogens with zero attached hydrogens (tertiary/aromatic N) is 8. The summed E-state index contributed by atoms with van der Waals surface area (Å²) >= 11 is 14.4. The summed E-state index contributed by atoms with van der Waals surface area (Å²) in [6.45, 7) is 5.98. The lowest BCUT2D eigenvalue weighted by Crippen LogP contribution is -2.52. The summed E-state index contributed by atoms with van der Waals surface area (Å²) in [5.74, 6) is 3.68. The number of fused-ring (bicyclic) bond motifs is 3. The van der Waals surface area contributed by atoms with E-state index < -0.39 is 0 Å². The smallest absolute Gasteiger partial charge is 0.248 e. The van der Waals surface area contributed by atoms with Gasteiger partial charge in [0.05, 0.1) is 27.1 Å². The Balaban J connectivity index is 1.05. The number of pyridine rings is 1. The molecule has 198 valence electrons. The van der Waals surface area contributed by atoms with Gasteiger partial charge in [0.25, 0.3) is 0 Å². The molecule has 2 bridgehead atoms. The maximum atomic E-state index is 6.70. The van der Waals surface area contributed by atoms with Crippen LogP contribution in [0.4, 0.5) is 23.4 Å². The van der Waals surface area contributed by atoms with Crippen LogP contribution in [0.25, 0.3) is 16.0 Å². The molecule has 7 rings (SSSR count). The van der Waals surface area contributed by atoms with Crippen LogP contribution in [-0.4, -0.2) is 66.8 Å². The predicted molar refractivity (Wildman–Crippen MR) is 152 cm³/mol. The first-order chi connectivity index (χ1) is 18.4. The van der Waals surface area contributed by atoms with E-state index in [4.69, 9.17) is 28.9 Å². The maximum Gasteiger partial charge on any atom is 0.248 e. The van der Waals surface area contributed by atoms with Crippen LogP contribution >= 0.6 is 34.5 Å². The fourth-order valence-corrected chi connectivity index (χ4v) is 7.86. The van der Waals surface area contributed by atoms with E-state index in [1.54, 1.807) is 6.20 Å². The number of piperazine rings is 1. The van der Waals surface area contributed by atoms with Crippen molar-refractivity contribution < 1.29 is 0 Å². The van der Waals surface area contributed by atoms with Crippen LogP contribution in [0.2, 0.25) is 10.3 Å². The third-order valence-corrected chi connectivity index (χ3v) is 9.77. The number of hydrogen-bond donors (Lipinski definition) is 2. The number of aryl methyl sites for hydroxylation is 1. The Morgan fingerprint density at radius 2 is 1.89 bits per heavy atom. The van der Waals surface area contributed by atoms with Crippen molar-refractivity contribution in [3.8, 4) is 5.82 Å². The van der Waals surface area contributed by atoms with Gasteiger partial charge in [0, 0.05) is 32.2 Å². The lowest BCUT2D eigenvalue weighted by Gasteiger charge is -2.41. The summed E-state index contributed by atoms with van der Waals surface area (Å²) in [4.78, 5) is 22.7. The summed E-state index contributed by atoms with van der Waals surface area (Å²) in [5.41, 5.74) is 8.67. The molecule has 0 aromatic carbocycles. The van der Waals surface area contributed by atoms with Crippen molar-refractivity contribution in [2.45, 2.75) is 38.6 Å². The Morgan fingerprint density at radius 1 is 1.05 bits per heavy atom. The van der Waals surface area contributed by atoms with Crippen LogP contribution in [0.1, 0.15) is 31.2 Å². The maximum absolute atomic E-state index is 6.70. The molecule has 0 radical (unpaired) electrons. The van der Waals surface area contributed by atoms with Gasteiger partial charge in [0.1, 0.15) is 5.82 Å². The molecule has 4 aromatic rings. The average molecular weight is 572 g/mol. The number of nitrogen functional groups attached to an aromatic ring is 1. The topological polar surface area (TPSA) is 114 Å². The Morgan fingerprint density at radius 3 is 2.63 bits per heavy atom. The van der Waals surface area contributed by atoms with E-state index in [-0.39, 0.29) is 11.2 Å². The normalized spacial score (nSPS) is 23.6. The van der Waals surface area contributed by atoms with Crippen molar-refractivity contribution >= 4 is 68.2 Å². The van der Waals surface area contributed by atoms with Gasteiger partial charge in [-0.15, -0.1) is 16.4 Å². The lowest BCUT2D eigenvalue weighted by molar-refractivity contribution is 0.134. The third-order valence-electron chi connectivity index (χ3n) is 8.24. The number of anilines is 4. The molecule has 3 fully saturated rings. The molecule has 2 unspecified atom stereocenters. The molecular formula is C25H28Cl2N10S. The van der Waals surface area contributed by atoms with Crippen molar-refractivity contribution in [2.24, 2.45) is 11.8 Å². The van der Waals surface area contributed by atoms with Crippen molar-refractivity contribution in [1.29, 1.82) is 0 Å². The number of rotatable bonds is 5. The van der Waals surface area contributed by atoms with Gasteiger partial charge >= 0.3 is 0 Å². The molecule has 3 N–H and O–H groups in total. The summed E-state index contributed by atoms with van der Waals surface area (Å²) in [5, 5.41) is 10.4. The zero-order valence-electron chi connectivity index (χ0n) is 20.9. The molecule has 4 aromatic heterocycles. The number of nitrogens with one attached hydrogen (secondary N) is 1. The van der Waals surface area contributed by atoms with Crippen molar-refractivity contribution in [3.63, 3.8) is 0 Å². The molecule has 3 atom stereocenters. The molecule has 13 heteroatoms. The van der Waals surface area contributed by atoms with Gasteiger partial charge in [0.15, 0.2) is 5.82 Å². The minimum Gasteiger partial charge on any atom is -0.368 e. The lowest BCUT2D eigenvalue weighted by atomic mass is 9.93. The van der Waals surface area contributed by atoms with Gasteiger partial charge in [-0.1, -0.05) is 18.0 Å². The zero-order chi connectivity index (χ0) is 26.0. The van der Waals surface area contributed by atoms with Crippen LogP contribution < -0.4 is 16.0 Å². The zero-order valence-corrected chi connectivity index (χ0v) is 23.3. The number of halogens is 2. The SMILES string of the molecule is Cc1csc2c(-n3nc(Nc4cnc(N5CCN([C@H]6CC7CCC6C7)CC5)c(Cl)c4)nc3N)nc(Cl)nc12. The van der Waals surface area contributed by atoms with Gasteiger partial charge in [-0.25, -0.2) is 9.97 Å². The molecule has 2 aliphatic carbocycles. The van der Waals surface area contributed by atoms with Crippen molar-refractivity contribution in [1.82, 2.24) is 34.6 Å². The molecule has 10 nitrogen and oxygen atoms in total. The second-order valence-corrected chi connectivity index (χ2v) is 12.2. The van der Waals surface area contributed by atoms with E-state index in [1.165, 1.54) is 41.7 Å². The van der Waals surface area contributed by atoms with Crippen LogP contribution in [0.5, 0.6) is 0 Å². The second kappa shape index (κ2) is 9.48. The van der Waals surface area contributed by atoms with Crippen LogP contribution in [-0.2, 0) is 0 Å². The number of hydrogen-bond acceptors (Lipinski definition) is 10. The van der Waals surface area contributed by atoms with Crippen molar-refractivity contribution in [3.05, 3.63) is 33.5 Å². The molecule has 1 saturated heterocycles. The molecule has 3 aliphatic rings. The highest BCUT2D eigenvalue weighted by molar-refractivity contribution is 7.17. The molecule has 38 heavy (non-hydrogen) atoms. The van der Waals surface area contributed by atoms with Crippen LogP contribution in [0.3, 0.4) is 0 Å². The predicted octanol–water partition coefficient (Wildman–Crippen LogP) is 4.92. The standard InChI is InChI=1S/C25H28Cl2N10S/c1-13-12-38-20-19(13)31-23(27)32-22(20)37-24(28)33-25(34-37)30-16-10-17(26)21(29-11-16)36-6-4-35(5-7-36)18-9-14-2-3-15(18)8-14/h10-12,14-15,18H,2-9H2,1H3,(H3,28,30,33,34)/t14?,15?,18-/m0/s1. The van der Waals surface area contributed by atoms with E-state index >= 15 is 0 Å². The van der Waals surface area contributed by atoms with Gasteiger partial charge in [-0.05, 0) is 66.6 Å². The summed E-state index contributed by atoms with van der Waals surface area (Å²) in [6, 6.07) is 2.63. The highest BCUT2D eigenvalue weighted by atomic mass is 35.5. The van der Waals surface area contributed by atoms with Crippen LogP contribution in [0.15, 0.2) is 17.6 Å². The Hall–Kier alpha value is -2.73. The number of thiophene rings is 1. The van der Waals surface area contributed by atoms with Gasteiger partial charge < -0.3 is 16.0 Å². The Labute approximate surface area is 234 Å². The fourth-order valence-electron chi connectivity index (χ4n) is 6.45. The molecule has 2 saturated carbocycles. The van der Waals surface area contributed by atoms with Gasteiger partial charge in [-0.3, -0.25) is 4.90 Å². The van der Waals surface area contributed by atoms with E-state index in [2.05, 4.69) is 40.2 Å². The Bertz CT molecular complexity index is 1510. The first-order valence-electron chi connectivity index (χ1n) is 13.0. The van der Waals surface area contributed by atoms with E-state index in [9.17, 15) is 0 Å². The minimum absolute atomic E-state index is 0.126. The van der Waals surface area contributed by atoms with E-state index in [0.717, 1.165) is 65.7 Å². The monoisotopic (exact) mass is 570 g/mol. The molecular weight excluding hydrogens is 543 g/mol. The van der Waals surface area contributed by atoms with E-state index in [0.29, 0.717) is 22.5 Å². The molecule has 0 spiro atoms. The molecule has 5 heterocycles. The molecule has 0 amide bonds. The van der Waals surface area contributed by atoms with E-state index in [1.807, 2.05) is 18.4 Å². The van der Waals surface area contributed by atoms with Gasteiger partial charge in [-0.2, -0.15) is 14.6 Å². The second-order valence-electron chi connectivity index (χ2n) is 10.5. The average Bonchev–Trinajstić information content (AvgIpc) is 3.69.